The Bertz CT molecular complexity index is 786. The average molecular weight is 387 g/mol. The molecule has 0 saturated carbocycles. The van der Waals surface area contributed by atoms with E-state index in [1.165, 1.54) is 21.3 Å². The number of amides is 2. The monoisotopic (exact) mass is 387 g/mol. The largest absolute Gasteiger partial charge is 0.493 e. The third kappa shape index (κ3) is 5.54. The fourth-order valence-corrected chi connectivity index (χ4v) is 2.73. The number of hydrogen-bond donors (Lipinski definition) is 2. The molecule has 8 nitrogen and oxygen atoms in total. The highest BCUT2D eigenvalue weighted by atomic mass is 16.5. The lowest BCUT2D eigenvalue weighted by molar-refractivity contribution is -0.120. The minimum atomic E-state index is -0.513. The SMILES string of the molecule is COc1cc(CNC(=O)CN(CC(N)=O)c2ccccc2)cc(OC)c1OC. The Labute approximate surface area is 164 Å². The molecular weight excluding hydrogens is 362 g/mol. The summed E-state index contributed by atoms with van der Waals surface area (Å²) in [7, 11) is 4.58. The minimum absolute atomic E-state index is 0.00260. The van der Waals surface area contributed by atoms with E-state index in [4.69, 9.17) is 19.9 Å². The molecule has 0 saturated heterocycles. The van der Waals surface area contributed by atoms with Gasteiger partial charge in [-0.15, -0.1) is 0 Å². The maximum absolute atomic E-state index is 12.4. The van der Waals surface area contributed by atoms with Crippen LogP contribution in [0.5, 0.6) is 17.2 Å². The Balaban J connectivity index is 2.07. The van der Waals surface area contributed by atoms with Crippen molar-refractivity contribution >= 4 is 17.5 Å². The number of rotatable bonds is 10. The van der Waals surface area contributed by atoms with E-state index in [1.54, 1.807) is 17.0 Å². The first-order valence-electron chi connectivity index (χ1n) is 8.62. The van der Waals surface area contributed by atoms with Crippen molar-refractivity contribution in [3.63, 3.8) is 0 Å². The number of hydrogen-bond acceptors (Lipinski definition) is 6. The molecule has 0 aliphatic heterocycles. The van der Waals surface area contributed by atoms with Crippen LogP contribution in [0.1, 0.15) is 5.56 Å². The normalized spacial score (nSPS) is 10.1. The molecule has 0 spiro atoms. The van der Waals surface area contributed by atoms with Crippen molar-refractivity contribution in [2.75, 3.05) is 39.3 Å². The molecule has 0 aromatic heterocycles. The fourth-order valence-electron chi connectivity index (χ4n) is 2.73. The summed E-state index contributed by atoms with van der Waals surface area (Å²) in [4.78, 5) is 25.4. The van der Waals surface area contributed by atoms with Crippen LogP contribution in [0.2, 0.25) is 0 Å². The molecule has 0 atom stereocenters. The van der Waals surface area contributed by atoms with Gasteiger partial charge >= 0.3 is 0 Å². The maximum Gasteiger partial charge on any atom is 0.239 e. The van der Waals surface area contributed by atoms with E-state index < -0.39 is 5.91 Å². The Morgan fingerprint density at radius 1 is 0.964 bits per heavy atom. The van der Waals surface area contributed by atoms with E-state index in [2.05, 4.69) is 5.32 Å². The van der Waals surface area contributed by atoms with Crippen LogP contribution < -0.4 is 30.2 Å². The second kappa shape index (κ2) is 10.1. The van der Waals surface area contributed by atoms with Crippen LogP contribution in [0.25, 0.3) is 0 Å². The molecule has 0 heterocycles. The summed E-state index contributed by atoms with van der Waals surface area (Å²) in [6.07, 6.45) is 0. The molecule has 0 aliphatic carbocycles. The zero-order valence-corrected chi connectivity index (χ0v) is 16.2. The van der Waals surface area contributed by atoms with Gasteiger partial charge in [0.1, 0.15) is 0 Å². The van der Waals surface area contributed by atoms with E-state index in [0.717, 1.165) is 11.3 Å². The van der Waals surface area contributed by atoms with Crippen LogP contribution in [0, 0.1) is 0 Å². The van der Waals surface area contributed by atoms with Gasteiger partial charge in [0.15, 0.2) is 11.5 Å². The van der Waals surface area contributed by atoms with Crippen molar-refractivity contribution in [3.8, 4) is 17.2 Å². The Hall–Kier alpha value is -3.42. The minimum Gasteiger partial charge on any atom is -0.493 e. The van der Waals surface area contributed by atoms with Crippen molar-refractivity contribution in [2.24, 2.45) is 5.73 Å². The standard InChI is InChI=1S/C20H25N3O5/c1-26-16-9-14(10-17(27-2)20(16)28-3)11-22-19(25)13-23(12-18(21)24)15-7-5-4-6-8-15/h4-10H,11-13H2,1-3H3,(H2,21,24)(H,22,25). The number of benzene rings is 2. The van der Waals surface area contributed by atoms with Crippen LogP contribution in [-0.2, 0) is 16.1 Å². The number of anilines is 1. The van der Waals surface area contributed by atoms with Gasteiger partial charge in [0.05, 0.1) is 34.4 Å². The fraction of sp³-hybridized carbons (Fsp3) is 0.300. The van der Waals surface area contributed by atoms with Crippen molar-refractivity contribution in [1.29, 1.82) is 0 Å². The Morgan fingerprint density at radius 2 is 1.57 bits per heavy atom. The number of methoxy groups -OCH3 is 3. The predicted molar refractivity (Wildman–Crippen MR) is 106 cm³/mol. The van der Waals surface area contributed by atoms with Gasteiger partial charge in [-0.1, -0.05) is 18.2 Å². The summed E-state index contributed by atoms with van der Waals surface area (Å²) in [5.74, 6) is 0.730. The van der Waals surface area contributed by atoms with E-state index in [9.17, 15) is 9.59 Å². The third-order valence-electron chi connectivity index (χ3n) is 4.02. The van der Waals surface area contributed by atoms with Crippen molar-refractivity contribution < 1.29 is 23.8 Å². The van der Waals surface area contributed by atoms with Gasteiger partial charge < -0.3 is 30.2 Å². The molecule has 3 N–H and O–H groups in total. The zero-order valence-electron chi connectivity index (χ0n) is 16.2. The summed E-state index contributed by atoms with van der Waals surface area (Å²) >= 11 is 0. The van der Waals surface area contributed by atoms with Gasteiger partial charge in [-0.3, -0.25) is 9.59 Å². The predicted octanol–water partition coefficient (Wildman–Crippen LogP) is 1.32. The molecule has 28 heavy (non-hydrogen) atoms. The summed E-state index contributed by atoms with van der Waals surface area (Å²) in [5, 5.41) is 2.83. The lowest BCUT2D eigenvalue weighted by Crippen LogP contribution is -2.41. The number of ether oxygens (including phenoxy) is 3. The number of carbonyl (C=O) groups excluding carboxylic acids is 2. The first kappa shape index (κ1) is 20.9. The molecule has 2 aromatic carbocycles. The molecule has 0 aliphatic rings. The van der Waals surface area contributed by atoms with Crippen LogP contribution in [-0.4, -0.2) is 46.2 Å². The number of primary amides is 1. The topological polar surface area (TPSA) is 103 Å². The van der Waals surface area contributed by atoms with E-state index >= 15 is 0 Å². The molecule has 0 unspecified atom stereocenters. The molecule has 2 aromatic rings. The first-order chi connectivity index (χ1) is 13.5. The van der Waals surface area contributed by atoms with Gasteiger partial charge in [-0.25, -0.2) is 0 Å². The van der Waals surface area contributed by atoms with Gasteiger partial charge in [0, 0.05) is 12.2 Å². The van der Waals surface area contributed by atoms with Crippen LogP contribution in [0.15, 0.2) is 42.5 Å². The van der Waals surface area contributed by atoms with E-state index in [1.807, 2.05) is 30.3 Å². The first-order valence-corrected chi connectivity index (χ1v) is 8.62. The second-order valence-corrected chi connectivity index (χ2v) is 5.97. The van der Waals surface area contributed by atoms with E-state index in [0.29, 0.717) is 17.2 Å². The smallest absolute Gasteiger partial charge is 0.239 e. The van der Waals surface area contributed by atoms with Gasteiger partial charge in [0.25, 0.3) is 0 Å². The van der Waals surface area contributed by atoms with Crippen LogP contribution in [0.3, 0.4) is 0 Å². The van der Waals surface area contributed by atoms with E-state index in [-0.39, 0.29) is 25.5 Å². The highest BCUT2D eigenvalue weighted by Gasteiger charge is 2.16. The number of nitrogens with one attached hydrogen (secondary N) is 1. The summed E-state index contributed by atoms with van der Waals surface area (Å²) < 4.78 is 15.9. The van der Waals surface area contributed by atoms with Gasteiger partial charge in [-0.05, 0) is 29.8 Å². The molecule has 2 amide bonds. The molecule has 2 rings (SSSR count). The summed E-state index contributed by atoms with van der Waals surface area (Å²) in [5.41, 5.74) is 6.83. The summed E-state index contributed by atoms with van der Waals surface area (Å²) in [6, 6.07) is 12.7. The number of nitrogens with two attached hydrogens (primary N) is 1. The van der Waals surface area contributed by atoms with Crippen molar-refractivity contribution in [1.82, 2.24) is 5.32 Å². The quantitative estimate of drug-likeness (QED) is 0.637. The van der Waals surface area contributed by atoms with Crippen LogP contribution >= 0.6 is 0 Å². The van der Waals surface area contributed by atoms with Crippen LogP contribution in [0.4, 0.5) is 5.69 Å². The zero-order chi connectivity index (χ0) is 20.5. The number of carbonyl (C=O) groups is 2. The maximum atomic E-state index is 12.4. The van der Waals surface area contributed by atoms with Gasteiger partial charge in [-0.2, -0.15) is 0 Å². The molecule has 0 radical (unpaired) electrons. The van der Waals surface area contributed by atoms with Crippen molar-refractivity contribution in [3.05, 3.63) is 48.0 Å². The van der Waals surface area contributed by atoms with Crippen molar-refractivity contribution in [2.45, 2.75) is 6.54 Å². The third-order valence-corrected chi connectivity index (χ3v) is 4.02. The lowest BCUT2D eigenvalue weighted by Gasteiger charge is -2.22. The Kier molecular flexibility index (Phi) is 7.50. The average Bonchev–Trinajstić information content (AvgIpc) is 2.71. The molecule has 8 heteroatoms. The molecular formula is C20H25N3O5. The Morgan fingerprint density at radius 3 is 2.07 bits per heavy atom. The summed E-state index contributed by atoms with van der Waals surface area (Å²) in [6.45, 7) is 0.202. The molecule has 0 bridgehead atoms. The number of nitrogens with zero attached hydrogens (tertiary/aromatic N) is 1. The molecule has 0 fully saturated rings. The highest BCUT2D eigenvalue weighted by Crippen LogP contribution is 2.38. The van der Waals surface area contributed by atoms with Gasteiger partial charge in [0.2, 0.25) is 17.6 Å². The lowest BCUT2D eigenvalue weighted by atomic mass is 10.1. The second-order valence-electron chi connectivity index (χ2n) is 5.97. The highest BCUT2D eigenvalue weighted by molar-refractivity contribution is 5.85. The molecule has 150 valence electrons. The number of para-hydroxylation sites is 1.